The minimum absolute atomic E-state index is 0.211. The van der Waals surface area contributed by atoms with Gasteiger partial charge in [0.25, 0.3) is 5.91 Å². The summed E-state index contributed by atoms with van der Waals surface area (Å²) in [6.45, 7) is 1.82. The molecule has 3 aromatic rings. The summed E-state index contributed by atoms with van der Waals surface area (Å²) in [5.74, 6) is 0.635. The fraction of sp³-hybridized carbons (Fsp3) is 0.250. The van der Waals surface area contributed by atoms with Crippen LogP contribution in [0.1, 0.15) is 40.4 Å². The molecule has 30 heavy (non-hydrogen) atoms. The summed E-state index contributed by atoms with van der Waals surface area (Å²) in [6, 6.07) is 16.7. The van der Waals surface area contributed by atoms with Gasteiger partial charge >= 0.3 is 0 Å². The molecule has 1 aliphatic rings. The second-order valence-electron chi connectivity index (χ2n) is 7.64. The minimum atomic E-state index is -0.519. The monoisotopic (exact) mass is 421 g/mol. The summed E-state index contributed by atoms with van der Waals surface area (Å²) < 4.78 is 0. The Kier molecular flexibility index (Phi) is 6.02. The number of rotatable bonds is 7. The number of hydrogen-bond acceptors (Lipinski definition) is 4. The molecular weight excluding hydrogens is 398 g/mol. The molecule has 1 aliphatic carbocycles. The highest BCUT2D eigenvalue weighted by molar-refractivity contribution is 6.30. The lowest BCUT2D eigenvalue weighted by Crippen LogP contribution is -2.30. The zero-order valence-corrected chi connectivity index (χ0v) is 17.5. The van der Waals surface area contributed by atoms with E-state index in [1.807, 2.05) is 31.3 Å². The average molecular weight is 422 g/mol. The van der Waals surface area contributed by atoms with E-state index in [0.717, 1.165) is 28.1 Å². The molecular formula is C24H24ClN3O2. The van der Waals surface area contributed by atoms with Crippen molar-refractivity contribution < 1.29 is 9.90 Å². The summed E-state index contributed by atoms with van der Waals surface area (Å²) >= 11 is 6.03. The van der Waals surface area contributed by atoms with Gasteiger partial charge in [-0.15, -0.1) is 0 Å². The van der Waals surface area contributed by atoms with Crippen LogP contribution in [0.2, 0.25) is 5.02 Å². The van der Waals surface area contributed by atoms with E-state index in [-0.39, 0.29) is 12.5 Å². The van der Waals surface area contributed by atoms with Crippen molar-refractivity contribution in [1.29, 1.82) is 0 Å². The number of carbonyl (C=O) groups excluding carboxylic acids is 1. The van der Waals surface area contributed by atoms with Crippen molar-refractivity contribution >= 4 is 23.3 Å². The summed E-state index contributed by atoms with van der Waals surface area (Å²) in [4.78, 5) is 17.2. The van der Waals surface area contributed by atoms with E-state index >= 15 is 0 Å². The van der Waals surface area contributed by atoms with E-state index in [0.29, 0.717) is 16.6 Å². The summed E-state index contributed by atoms with van der Waals surface area (Å²) in [7, 11) is 0. The molecule has 1 atom stereocenters. The van der Waals surface area contributed by atoms with Crippen LogP contribution in [0.25, 0.3) is 11.1 Å². The zero-order chi connectivity index (χ0) is 21.1. The van der Waals surface area contributed by atoms with E-state index in [9.17, 15) is 9.90 Å². The maximum absolute atomic E-state index is 12.7. The fourth-order valence-electron chi connectivity index (χ4n) is 3.35. The molecule has 154 valence electrons. The van der Waals surface area contributed by atoms with Gasteiger partial charge in [-0.2, -0.15) is 0 Å². The van der Waals surface area contributed by atoms with E-state index in [4.69, 9.17) is 11.6 Å². The number of benzene rings is 2. The van der Waals surface area contributed by atoms with Crippen molar-refractivity contribution in [3.63, 3.8) is 0 Å². The minimum Gasteiger partial charge on any atom is -0.394 e. The van der Waals surface area contributed by atoms with Crippen LogP contribution in [0, 0.1) is 6.92 Å². The third-order valence-electron chi connectivity index (χ3n) is 5.23. The molecule has 1 amide bonds. The lowest BCUT2D eigenvalue weighted by molar-refractivity contribution is 0.0916. The van der Waals surface area contributed by atoms with E-state index < -0.39 is 6.04 Å². The Morgan fingerprint density at radius 3 is 2.63 bits per heavy atom. The van der Waals surface area contributed by atoms with Crippen molar-refractivity contribution in [2.24, 2.45) is 0 Å². The van der Waals surface area contributed by atoms with Crippen molar-refractivity contribution in [1.82, 2.24) is 10.3 Å². The van der Waals surface area contributed by atoms with Crippen LogP contribution in [-0.2, 0) is 0 Å². The van der Waals surface area contributed by atoms with Crippen molar-refractivity contribution in [2.75, 3.05) is 11.9 Å². The van der Waals surface area contributed by atoms with Crippen LogP contribution >= 0.6 is 11.6 Å². The number of halogens is 1. The zero-order valence-electron chi connectivity index (χ0n) is 16.7. The highest BCUT2D eigenvalue weighted by Gasteiger charge is 2.21. The van der Waals surface area contributed by atoms with Gasteiger partial charge in [-0.3, -0.25) is 4.79 Å². The lowest BCUT2D eigenvalue weighted by Gasteiger charge is -2.17. The van der Waals surface area contributed by atoms with Crippen molar-refractivity contribution in [3.8, 4) is 11.1 Å². The second kappa shape index (κ2) is 8.86. The van der Waals surface area contributed by atoms with Gasteiger partial charge in [-0.05, 0) is 72.4 Å². The molecule has 0 aliphatic heterocycles. The van der Waals surface area contributed by atoms with Crippen LogP contribution in [0.3, 0.4) is 0 Å². The second-order valence-corrected chi connectivity index (χ2v) is 8.08. The van der Waals surface area contributed by atoms with Gasteiger partial charge in [0.1, 0.15) is 5.82 Å². The number of carbonyl (C=O) groups is 1. The predicted molar refractivity (Wildman–Crippen MR) is 120 cm³/mol. The van der Waals surface area contributed by atoms with Gasteiger partial charge in [0.2, 0.25) is 0 Å². The quantitative estimate of drug-likeness (QED) is 0.514. The molecule has 0 radical (unpaired) electrons. The Labute approximate surface area is 181 Å². The van der Waals surface area contributed by atoms with Crippen LogP contribution < -0.4 is 10.6 Å². The molecule has 5 nitrogen and oxygen atoms in total. The molecule has 1 saturated carbocycles. The number of nitrogens with zero attached hydrogens (tertiary/aromatic N) is 1. The number of hydrogen-bond donors (Lipinski definition) is 3. The van der Waals surface area contributed by atoms with Gasteiger partial charge in [0.05, 0.1) is 12.6 Å². The first kappa shape index (κ1) is 20.4. The standard InChI is InChI=1S/C24H24ClN3O2/c1-15-13-26-23(27-20-9-10-20)12-21(15)16-5-7-17(8-6-16)24(30)28-22(14-29)18-3-2-4-19(25)11-18/h2-8,11-13,20,22,29H,9-10,14H2,1H3,(H,26,27)(H,28,30)/t22-/m1/s1. The van der Waals surface area contributed by atoms with Gasteiger partial charge in [0, 0.05) is 22.8 Å². The molecule has 2 aromatic carbocycles. The molecule has 0 bridgehead atoms. The fourth-order valence-corrected chi connectivity index (χ4v) is 3.55. The Morgan fingerprint density at radius 2 is 1.97 bits per heavy atom. The average Bonchev–Trinajstić information content (AvgIpc) is 3.57. The molecule has 3 N–H and O–H groups in total. The smallest absolute Gasteiger partial charge is 0.251 e. The van der Waals surface area contributed by atoms with Gasteiger partial charge in [0.15, 0.2) is 0 Å². The Morgan fingerprint density at radius 1 is 1.20 bits per heavy atom. The number of anilines is 1. The molecule has 0 spiro atoms. The molecule has 6 heteroatoms. The van der Waals surface area contributed by atoms with E-state index in [1.54, 1.807) is 30.3 Å². The summed E-state index contributed by atoms with van der Waals surface area (Å²) in [6.07, 6.45) is 4.26. The topological polar surface area (TPSA) is 74.2 Å². The first-order valence-corrected chi connectivity index (χ1v) is 10.4. The number of pyridine rings is 1. The highest BCUT2D eigenvalue weighted by Crippen LogP contribution is 2.29. The van der Waals surface area contributed by atoms with Crippen molar-refractivity contribution in [3.05, 3.63) is 82.5 Å². The number of aliphatic hydroxyl groups is 1. The van der Waals surface area contributed by atoms with Gasteiger partial charge in [-0.1, -0.05) is 35.9 Å². The largest absolute Gasteiger partial charge is 0.394 e. The normalized spacial score (nSPS) is 14.2. The Balaban J connectivity index is 1.49. The SMILES string of the molecule is Cc1cnc(NC2CC2)cc1-c1ccc(C(=O)N[C@H](CO)c2cccc(Cl)c2)cc1. The number of aryl methyl sites for hydroxylation is 1. The maximum Gasteiger partial charge on any atom is 0.251 e. The third kappa shape index (κ3) is 4.81. The predicted octanol–water partition coefficient (Wildman–Crippen LogP) is 4.75. The van der Waals surface area contributed by atoms with Crippen LogP contribution in [-0.4, -0.2) is 28.6 Å². The Hall–Kier alpha value is -2.89. The van der Waals surface area contributed by atoms with Crippen LogP contribution in [0.5, 0.6) is 0 Å². The summed E-state index contributed by atoms with van der Waals surface area (Å²) in [5, 5.41) is 16.6. The van der Waals surface area contributed by atoms with E-state index in [1.165, 1.54) is 12.8 Å². The van der Waals surface area contributed by atoms with Gasteiger partial charge < -0.3 is 15.7 Å². The molecule has 0 saturated heterocycles. The van der Waals surface area contributed by atoms with Gasteiger partial charge in [-0.25, -0.2) is 4.98 Å². The van der Waals surface area contributed by atoms with Crippen LogP contribution in [0.15, 0.2) is 60.8 Å². The Bertz CT molecular complexity index is 1050. The number of nitrogens with one attached hydrogen (secondary N) is 2. The third-order valence-corrected chi connectivity index (χ3v) is 5.46. The molecule has 1 heterocycles. The lowest BCUT2D eigenvalue weighted by atomic mass is 10.0. The van der Waals surface area contributed by atoms with Crippen LogP contribution in [0.4, 0.5) is 5.82 Å². The first-order chi connectivity index (χ1) is 14.5. The van der Waals surface area contributed by atoms with Crippen molar-refractivity contribution in [2.45, 2.75) is 31.8 Å². The highest BCUT2D eigenvalue weighted by atomic mass is 35.5. The summed E-state index contributed by atoms with van der Waals surface area (Å²) in [5.41, 5.74) is 4.49. The number of amides is 1. The molecule has 4 rings (SSSR count). The number of aromatic nitrogens is 1. The van der Waals surface area contributed by atoms with E-state index in [2.05, 4.69) is 21.7 Å². The first-order valence-electron chi connectivity index (χ1n) is 10.0. The maximum atomic E-state index is 12.7. The molecule has 1 aromatic heterocycles. The molecule has 0 unspecified atom stereocenters. The molecule has 1 fully saturated rings. The number of aliphatic hydroxyl groups excluding tert-OH is 1.